The van der Waals surface area contributed by atoms with Crippen LogP contribution in [-0.2, 0) is 11.8 Å². The van der Waals surface area contributed by atoms with E-state index in [2.05, 4.69) is 168 Å². The van der Waals surface area contributed by atoms with Crippen LogP contribution in [-0.4, -0.2) is 24.5 Å². The Balaban J connectivity index is 1.11. The normalized spacial score (nSPS) is 14.4. The first-order chi connectivity index (χ1) is 29.5. The van der Waals surface area contributed by atoms with E-state index in [0.29, 0.717) is 17.5 Å². The molecule has 6 nitrogen and oxygen atoms in total. The molecule has 286 valence electrons. The maximum atomic E-state index is 5.12. The number of nitrogens with one attached hydrogen (secondary N) is 1. The molecule has 1 aliphatic heterocycles. The first kappa shape index (κ1) is 34.5. The summed E-state index contributed by atoms with van der Waals surface area (Å²) < 4.78 is 2.50. The maximum absolute atomic E-state index is 5.12. The molecule has 1 N–H and O–H groups in total. The lowest BCUT2D eigenvalue weighted by atomic mass is 9.68. The van der Waals surface area contributed by atoms with Crippen molar-refractivity contribution in [2.75, 3.05) is 4.90 Å². The van der Waals surface area contributed by atoms with Gasteiger partial charge in [0.2, 0.25) is 0 Å². The number of allylic oxidation sites excluding steroid dienone is 1. The van der Waals surface area contributed by atoms with Gasteiger partial charge in [-0.2, -0.15) is 0 Å². The summed E-state index contributed by atoms with van der Waals surface area (Å²) in [5.74, 6) is 1.93. The number of para-hydroxylation sites is 3. The predicted octanol–water partition coefficient (Wildman–Crippen LogP) is 13.2. The number of anilines is 2. The zero-order valence-corrected chi connectivity index (χ0v) is 33.4. The van der Waals surface area contributed by atoms with Crippen LogP contribution in [0.25, 0.3) is 78.3 Å². The molecule has 0 atom stereocenters. The monoisotopic (exact) mass is 772 g/mol. The third-order valence-corrected chi connectivity index (χ3v) is 12.7. The number of nitrogens with zero attached hydrogens (tertiary/aromatic N) is 5. The van der Waals surface area contributed by atoms with Gasteiger partial charge in [0, 0.05) is 60.7 Å². The van der Waals surface area contributed by atoms with Crippen molar-refractivity contribution in [1.82, 2.24) is 24.5 Å². The van der Waals surface area contributed by atoms with Crippen LogP contribution in [0.15, 0.2) is 181 Å². The Morgan fingerprint density at radius 1 is 0.517 bits per heavy atom. The van der Waals surface area contributed by atoms with E-state index in [1.54, 1.807) is 0 Å². The van der Waals surface area contributed by atoms with Gasteiger partial charge in [0.25, 0.3) is 0 Å². The van der Waals surface area contributed by atoms with Crippen LogP contribution in [0, 0.1) is 0 Å². The van der Waals surface area contributed by atoms with Crippen molar-refractivity contribution in [3.05, 3.63) is 198 Å². The summed E-state index contributed by atoms with van der Waals surface area (Å²) in [6.45, 7) is 4.87. The average molecular weight is 773 g/mol. The Bertz CT molecular complexity index is 3280. The molecule has 60 heavy (non-hydrogen) atoms. The molecule has 2 aliphatic rings. The number of benzene rings is 7. The summed E-state index contributed by atoms with van der Waals surface area (Å²) in [4.78, 5) is 21.6. The summed E-state index contributed by atoms with van der Waals surface area (Å²) >= 11 is 0. The zero-order chi connectivity index (χ0) is 40.0. The van der Waals surface area contributed by atoms with E-state index in [4.69, 9.17) is 15.0 Å². The van der Waals surface area contributed by atoms with Crippen molar-refractivity contribution in [1.29, 1.82) is 0 Å². The molecule has 12 rings (SSSR count). The average Bonchev–Trinajstić information content (AvgIpc) is 3.86. The Hall–Kier alpha value is -7.57. The van der Waals surface area contributed by atoms with Gasteiger partial charge >= 0.3 is 0 Å². The van der Waals surface area contributed by atoms with Crippen molar-refractivity contribution < 1.29 is 0 Å². The van der Waals surface area contributed by atoms with Gasteiger partial charge in [-0.15, -0.1) is 0 Å². The van der Waals surface area contributed by atoms with Crippen molar-refractivity contribution in [3.63, 3.8) is 0 Å². The number of fused-ring (bicyclic) bond motifs is 9. The van der Waals surface area contributed by atoms with Crippen LogP contribution in [0.5, 0.6) is 0 Å². The number of hydrogen-bond acceptors (Lipinski definition) is 4. The molecular weight excluding hydrogens is 733 g/mol. The Kier molecular flexibility index (Phi) is 7.60. The molecule has 0 saturated carbocycles. The molecule has 0 unspecified atom stereocenters. The minimum Gasteiger partial charge on any atom is -0.354 e. The van der Waals surface area contributed by atoms with Gasteiger partial charge in [-0.3, -0.25) is 0 Å². The molecule has 1 aliphatic carbocycles. The van der Waals surface area contributed by atoms with E-state index in [1.807, 2.05) is 36.4 Å². The van der Waals surface area contributed by atoms with Crippen LogP contribution in [0.2, 0.25) is 0 Å². The van der Waals surface area contributed by atoms with Crippen LogP contribution < -0.4 is 4.90 Å². The first-order valence-electron chi connectivity index (χ1n) is 20.8. The lowest BCUT2D eigenvalue weighted by molar-refractivity contribution is 0.582. The molecule has 0 fully saturated rings. The molecule has 0 saturated heterocycles. The molecule has 3 aromatic heterocycles. The Morgan fingerprint density at radius 2 is 1.10 bits per heavy atom. The molecular formula is C54H40N6. The number of aryl methyl sites for hydroxylation is 1. The van der Waals surface area contributed by atoms with Gasteiger partial charge in [0.1, 0.15) is 0 Å². The number of hydrogen-bond donors (Lipinski definition) is 1. The van der Waals surface area contributed by atoms with Crippen LogP contribution in [0.4, 0.5) is 11.4 Å². The molecule has 4 heterocycles. The fourth-order valence-electron chi connectivity index (χ4n) is 10.0. The van der Waals surface area contributed by atoms with E-state index in [1.165, 1.54) is 66.5 Å². The van der Waals surface area contributed by atoms with E-state index in [0.717, 1.165) is 40.9 Å². The summed E-state index contributed by atoms with van der Waals surface area (Å²) in [7, 11) is 0. The molecule has 0 bridgehead atoms. The highest BCUT2D eigenvalue weighted by Gasteiger charge is 2.44. The van der Waals surface area contributed by atoms with Crippen LogP contribution >= 0.6 is 0 Å². The molecule has 6 heteroatoms. The Morgan fingerprint density at radius 3 is 1.82 bits per heavy atom. The van der Waals surface area contributed by atoms with Gasteiger partial charge in [-0.1, -0.05) is 147 Å². The smallest absolute Gasteiger partial charge is 0.164 e. The maximum Gasteiger partial charge on any atom is 0.164 e. The first-order valence-corrected chi connectivity index (χ1v) is 20.8. The third kappa shape index (κ3) is 5.17. The van der Waals surface area contributed by atoms with Gasteiger partial charge in [-0.25, -0.2) is 15.0 Å². The molecule has 7 aromatic carbocycles. The second-order valence-electron chi connectivity index (χ2n) is 16.4. The minimum absolute atomic E-state index is 0.274. The molecule has 0 spiro atoms. The fraction of sp³-hybridized carbons (Fsp3) is 0.0926. The highest BCUT2D eigenvalue weighted by atomic mass is 15.2. The second kappa shape index (κ2) is 13.2. The SMILES string of the molecule is CC1(C)C2=C(c3c(c4ccccc4n3-c3cccc(-c4nc(-c5ccccc5)nc(-c5ccccc5)n4)c3)CC2)N(c2ccccc2)c2ccc3c([nH]c4ccccc43)c21. The summed E-state index contributed by atoms with van der Waals surface area (Å²) in [6, 6.07) is 62.3. The standard InChI is InChI=1S/C54H40N6/c1-54(2)43-31-29-42-40-26-13-15-28-45(40)60(38-24-16-21-36(33-38)53-57-51(34-17-6-3-7-18-34)56-52(58-53)35-19-8-4-9-20-35)49(42)50(43)59(37-22-10-5-11-23-37)46-32-30-41-39-25-12-14-27-44(39)55-48(41)47(46)54/h3-28,30,32-33,55H,29,31H2,1-2H3. The highest BCUT2D eigenvalue weighted by molar-refractivity contribution is 6.12. The van der Waals surface area contributed by atoms with Gasteiger partial charge in [0.05, 0.1) is 28.1 Å². The lowest BCUT2D eigenvalue weighted by Gasteiger charge is -2.46. The summed E-state index contributed by atoms with van der Waals surface area (Å²) in [6.07, 6.45) is 1.90. The van der Waals surface area contributed by atoms with Crippen molar-refractivity contribution in [2.24, 2.45) is 0 Å². The van der Waals surface area contributed by atoms with Crippen molar-refractivity contribution in [2.45, 2.75) is 32.1 Å². The van der Waals surface area contributed by atoms with Crippen LogP contribution in [0.1, 0.15) is 37.1 Å². The van der Waals surface area contributed by atoms with Crippen molar-refractivity contribution >= 4 is 49.8 Å². The third-order valence-electron chi connectivity index (χ3n) is 12.7. The van der Waals surface area contributed by atoms with Crippen molar-refractivity contribution in [3.8, 4) is 39.9 Å². The topological polar surface area (TPSA) is 62.6 Å². The van der Waals surface area contributed by atoms with Gasteiger partial charge in [-0.05, 0) is 66.4 Å². The fourth-order valence-corrected chi connectivity index (χ4v) is 10.0. The molecule has 10 aromatic rings. The molecule has 0 amide bonds. The van der Waals surface area contributed by atoms with E-state index in [-0.39, 0.29) is 5.41 Å². The van der Waals surface area contributed by atoms with E-state index < -0.39 is 0 Å². The quantitative estimate of drug-likeness (QED) is 0.189. The predicted molar refractivity (Wildman–Crippen MR) is 246 cm³/mol. The highest BCUT2D eigenvalue weighted by Crippen LogP contribution is 2.57. The number of rotatable bonds is 5. The lowest BCUT2D eigenvalue weighted by Crippen LogP contribution is -2.36. The number of H-pyrrole nitrogens is 1. The minimum atomic E-state index is -0.274. The van der Waals surface area contributed by atoms with E-state index >= 15 is 0 Å². The van der Waals surface area contributed by atoms with Gasteiger partial charge < -0.3 is 14.5 Å². The largest absolute Gasteiger partial charge is 0.354 e. The Labute approximate surface area is 348 Å². The second-order valence-corrected chi connectivity index (χ2v) is 16.4. The van der Waals surface area contributed by atoms with Crippen LogP contribution in [0.3, 0.4) is 0 Å². The van der Waals surface area contributed by atoms with Gasteiger partial charge in [0.15, 0.2) is 17.5 Å². The van der Waals surface area contributed by atoms with E-state index in [9.17, 15) is 0 Å². The number of aromatic amines is 1. The zero-order valence-electron chi connectivity index (χ0n) is 33.4. The summed E-state index contributed by atoms with van der Waals surface area (Å²) in [5.41, 5.74) is 16.2. The number of aromatic nitrogens is 5. The molecule has 0 radical (unpaired) electrons. The summed E-state index contributed by atoms with van der Waals surface area (Å²) in [5, 5.41) is 3.80.